The number of benzene rings is 1. The first kappa shape index (κ1) is 16.3. The van der Waals surface area contributed by atoms with Crippen LogP contribution in [0.15, 0.2) is 42.7 Å². The van der Waals surface area contributed by atoms with Gasteiger partial charge in [0.1, 0.15) is 0 Å². The standard InChI is InChI=1S/C15H12Cl2N2O3/c1-9(22-15(21)10-4-6-18-7-5-10)14(20)19-13-8-11(16)2-3-12(13)17/h2-9H,1H3,(H,19,20)/t9-/m0/s1. The second-order valence-corrected chi connectivity index (χ2v) is 5.24. The molecule has 0 bridgehead atoms. The molecule has 0 unspecified atom stereocenters. The van der Waals surface area contributed by atoms with E-state index in [1.54, 1.807) is 12.1 Å². The van der Waals surface area contributed by atoms with Crippen molar-refractivity contribution in [2.24, 2.45) is 0 Å². The molecule has 7 heteroatoms. The van der Waals surface area contributed by atoms with Crippen molar-refractivity contribution >= 4 is 40.8 Å². The van der Waals surface area contributed by atoms with Crippen LogP contribution in [0.3, 0.4) is 0 Å². The van der Waals surface area contributed by atoms with E-state index in [1.165, 1.54) is 37.5 Å². The number of carbonyl (C=O) groups is 2. The highest BCUT2D eigenvalue weighted by Gasteiger charge is 2.19. The summed E-state index contributed by atoms with van der Waals surface area (Å²) in [5, 5.41) is 3.33. The fourth-order valence-electron chi connectivity index (χ4n) is 1.60. The highest BCUT2D eigenvalue weighted by atomic mass is 35.5. The summed E-state index contributed by atoms with van der Waals surface area (Å²) < 4.78 is 5.09. The summed E-state index contributed by atoms with van der Waals surface area (Å²) in [4.78, 5) is 27.7. The van der Waals surface area contributed by atoms with Crippen LogP contribution in [0.2, 0.25) is 10.0 Å². The number of aromatic nitrogens is 1. The van der Waals surface area contributed by atoms with E-state index in [0.29, 0.717) is 21.3 Å². The Morgan fingerprint density at radius 3 is 2.55 bits per heavy atom. The zero-order valence-corrected chi connectivity index (χ0v) is 13.1. The van der Waals surface area contributed by atoms with Crippen molar-refractivity contribution < 1.29 is 14.3 Å². The Morgan fingerprint density at radius 2 is 1.86 bits per heavy atom. The number of amides is 1. The van der Waals surface area contributed by atoms with Gasteiger partial charge in [-0.25, -0.2) is 4.79 Å². The fourth-order valence-corrected chi connectivity index (χ4v) is 1.93. The molecule has 0 aliphatic rings. The molecule has 2 rings (SSSR count). The van der Waals surface area contributed by atoms with Crippen molar-refractivity contribution in [2.75, 3.05) is 5.32 Å². The van der Waals surface area contributed by atoms with Crippen LogP contribution in [0.5, 0.6) is 0 Å². The maximum Gasteiger partial charge on any atom is 0.339 e. The van der Waals surface area contributed by atoms with E-state index < -0.39 is 18.0 Å². The molecule has 0 saturated heterocycles. The molecule has 0 spiro atoms. The maximum atomic E-state index is 12.0. The van der Waals surface area contributed by atoms with Crippen LogP contribution in [0.1, 0.15) is 17.3 Å². The smallest absolute Gasteiger partial charge is 0.339 e. The SMILES string of the molecule is C[C@H](OC(=O)c1ccncc1)C(=O)Nc1cc(Cl)ccc1Cl. The van der Waals surface area contributed by atoms with E-state index in [0.717, 1.165) is 0 Å². The number of hydrogen-bond acceptors (Lipinski definition) is 4. The third-order valence-electron chi connectivity index (χ3n) is 2.76. The third-order valence-corrected chi connectivity index (χ3v) is 3.32. The van der Waals surface area contributed by atoms with Gasteiger partial charge in [0.25, 0.3) is 5.91 Å². The number of nitrogens with zero attached hydrogens (tertiary/aromatic N) is 1. The zero-order chi connectivity index (χ0) is 16.1. The normalized spacial score (nSPS) is 11.6. The van der Waals surface area contributed by atoms with Gasteiger partial charge in [-0.3, -0.25) is 9.78 Å². The van der Waals surface area contributed by atoms with Crippen LogP contribution in [0, 0.1) is 0 Å². The van der Waals surface area contributed by atoms with Crippen molar-refractivity contribution in [3.8, 4) is 0 Å². The first-order chi connectivity index (χ1) is 10.5. The van der Waals surface area contributed by atoms with E-state index in [-0.39, 0.29) is 0 Å². The minimum Gasteiger partial charge on any atom is -0.449 e. The highest BCUT2D eigenvalue weighted by molar-refractivity contribution is 6.35. The fraction of sp³-hybridized carbons (Fsp3) is 0.133. The van der Waals surface area contributed by atoms with Gasteiger partial charge < -0.3 is 10.1 Å². The first-order valence-electron chi connectivity index (χ1n) is 6.34. The molecule has 1 atom stereocenters. The van der Waals surface area contributed by atoms with E-state index in [1.807, 2.05) is 0 Å². The molecular formula is C15H12Cl2N2O3. The molecule has 0 aliphatic carbocycles. The molecule has 1 heterocycles. The molecule has 2 aromatic rings. The molecule has 1 N–H and O–H groups in total. The Balaban J connectivity index is 2.00. The van der Waals surface area contributed by atoms with Gasteiger partial charge in [-0.1, -0.05) is 23.2 Å². The Morgan fingerprint density at radius 1 is 1.18 bits per heavy atom. The summed E-state index contributed by atoms with van der Waals surface area (Å²) in [6.07, 6.45) is 1.94. The molecule has 1 aromatic heterocycles. The molecule has 22 heavy (non-hydrogen) atoms. The van der Waals surface area contributed by atoms with Crippen molar-refractivity contribution in [1.82, 2.24) is 4.98 Å². The number of pyridine rings is 1. The topological polar surface area (TPSA) is 68.3 Å². The van der Waals surface area contributed by atoms with Crippen LogP contribution >= 0.6 is 23.2 Å². The van der Waals surface area contributed by atoms with Crippen LogP contribution in [0.4, 0.5) is 5.69 Å². The molecule has 0 radical (unpaired) electrons. The van der Waals surface area contributed by atoms with Gasteiger partial charge in [0, 0.05) is 17.4 Å². The van der Waals surface area contributed by atoms with Gasteiger partial charge in [0.05, 0.1) is 16.3 Å². The Kier molecular flexibility index (Phi) is 5.35. The van der Waals surface area contributed by atoms with Gasteiger partial charge in [-0.15, -0.1) is 0 Å². The number of ether oxygens (including phenoxy) is 1. The van der Waals surface area contributed by atoms with Crippen LogP contribution < -0.4 is 5.32 Å². The highest BCUT2D eigenvalue weighted by Crippen LogP contribution is 2.25. The Labute approximate surface area is 137 Å². The summed E-state index contributed by atoms with van der Waals surface area (Å²) >= 11 is 11.8. The summed E-state index contributed by atoms with van der Waals surface area (Å²) in [6, 6.07) is 7.68. The minimum absolute atomic E-state index is 0.315. The molecule has 0 saturated carbocycles. The lowest BCUT2D eigenvalue weighted by molar-refractivity contribution is -0.123. The second kappa shape index (κ2) is 7.24. The van der Waals surface area contributed by atoms with Crippen molar-refractivity contribution in [1.29, 1.82) is 0 Å². The lowest BCUT2D eigenvalue weighted by Gasteiger charge is -2.14. The molecular weight excluding hydrogens is 327 g/mol. The molecule has 1 amide bonds. The summed E-state index contributed by atoms with van der Waals surface area (Å²) in [7, 11) is 0. The van der Waals surface area contributed by atoms with Gasteiger partial charge in [0.2, 0.25) is 0 Å². The van der Waals surface area contributed by atoms with E-state index in [4.69, 9.17) is 27.9 Å². The molecule has 0 aliphatic heterocycles. The van der Waals surface area contributed by atoms with Gasteiger partial charge in [-0.05, 0) is 37.3 Å². The second-order valence-electron chi connectivity index (χ2n) is 4.40. The summed E-state index contributed by atoms with van der Waals surface area (Å²) in [5.41, 5.74) is 0.668. The predicted octanol–water partition coefficient (Wildman–Crippen LogP) is 3.57. The number of esters is 1. The van der Waals surface area contributed by atoms with Crippen molar-refractivity contribution in [3.05, 3.63) is 58.3 Å². The number of hydrogen-bond donors (Lipinski definition) is 1. The first-order valence-corrected chi connectivity index (χ1v) is 7.10. The number of nitrogens with one attached hydrogen (secondary N) is 1. The lowest BCUT2D eigenvalue weighted by Crippen LogP contribution is -2.30. The monoisotopic (exact) mass is 338 g/mol. The van der Waals surface area contributed by atoms with Crippen LogP contribution in [-0.4, -0.2) is 23.0 Å². The molecule has 114 valence electrons. The number of rotatable bonds is 4. The number of halogens is 2. The summed E-state index contributed by atoms with van der Waals surface area (Å²) in [5.74, 6) is -1.12. The minimum atomic E-state index is -0.990. The van der Waals surface area contributed by atoms with Gasteiger partial charge >= 0.3 is 5.97 Å². The van der Waals surface area contributed by atoms with Crippen LogP contribution in [-0.2, 0) is 9.53 Å². The lowest BCUT2D eigenvalue weighted by atomic mass is 10.2. The third kappa shape index (κ3) is 4.19. The number of anilines is 1. The average molecular weight is 339 g/mol. The zero-order valence-electron chi connectivity index (χ0n) is 11.5. The van der Waals surface area contributed by atoms with E-state index in [2.05, 4.69) is 10.3 Å². The van der Waals surface area contributed by atoms with Crippen molar-refractivity contribution in [2.45, 2.75) is 13.0 Å². The summed E-state index contributed by atoms with van der Waals surface area (Å²) in [6.45, 7) is 1.47. The van der Waals surface area contributed by atoms with E-state index in [9.17, 15) is 9.59 Å². The Bertz CT molecular complexity index is 692. The molecule has 0 fully saturated rings. The predicted molar refractivity (Wildman–Crippen MR) is 84.2 cm³/mol. The Hall–Kier alpha value is -2.11. The quantitative estimate of drug-likeness (QED) is 0.865. The van der Waals surface area contributed by atoms with Crippen LogP contribution in [0.25, 0.3) is 0 Å². The van der Waals surface area contributed by atoms with Gasteiger partial charge in [0.15, 0.2) is 6.10 Å². The van der Waals surface area contributed by atoms with E-state index >= 15 is 0 Å². The largest absolute Gasteiger partial charge is 0.449 e. The molecule has 1 aromatic carbocycles. The van der Waals surface area contributed by atoms with Gasteiger partial charge in [-0.2, -0.15) is 0 Å². The van der Waals surface area contributed by atoms with Crippen molar-refractivity contribution in [3.63, 3.8) is 0 Å². The average Bonchev–Trinajstić information content (AvgIpc) is 2.51. The maximum absolute atomic E-state index is 12.0. The number of carbonyl (C=O) groups excluding carboxylic acids is 2. The molecule has 5 nitrogen and oxygen atoms in total.